The molecule has 2 aromatic heterocycles. The molecule has 0 saturated heterocycles. The maximum absolute atomic E-state index is 12.6. The van der Waals surface area contributed by atoms with Gasteiger partial charge in [-0.15, -0.1) is 0 Å². The third-order valence-electron chi connectivity index (χ3n) is 4.20. The smallest absolute Gasteiger partial charge is 0.266 e. The van der Waals surface area contributed by atoms with Gasteiger partial charge in [-0.3, -0.25) is 19.0 Å². The number of aromatic nitrogens is 4. The van der Waals surface area contributed by atoms with E-state index in [1.54, 1.807) is 32.2 Å². The Morgan fingerprint density at radius 1 is 1.21 bits per heavy atom. The lowest BCUT2D eigenvalue weighted by Gasteiger charge is -2.12. The average Bonchev–Trinajstić information content (AvgIpc) is 2.94. The van der Waals surface area contributed by atoms with Crippen LogP contribution in [0.4, 0.5) is 11.4 Å². The van der Waals surface area contributed by atoms with Gasteiger partial charge >= 0.3 is 0 Å². The first kappa shape index (κ1) is 19.7. The Balaban J connectivity index is 1.81. The van der Waals surface area contributed by atoms with E-state index in [9.17, 15) is 14.4 Å². The van der Waals surface area contributed by atoms with Crippen LogP contribution < -0.4 is 16.2 Å². The Bertz CT molecular complexity index is 1130. The first-order valence-electron chi connectivity index (χ1n) is 8.58. The van der Waals surface area contributed by atoms with E-state index in [-0.39, 0.29) is 23.9 Å². The van der Waals surface area contributed by atoms with Gasteiger partial charge < -0.3 is 10.6 Å². The molecule has 0 aliphatic rings. The highest BCUT2D eigenvalue weighted by Gasteiger charge is 2.15. The maximum atomic E-state index is 12.6. The normalized spacial score (nSPS) is 10.9. The maximum Gasteiger partial charge on any atom is 0.266 e. The Morgan fingerprint density at radius 3 is 2.68 bits per heavy atom. The van der Waals surface area contributed by atoms with Crippen LogP contribution in [-0.2, 0) is 23.2 Å². The largest absolute Gasteiger partial charge is 0.326 e. The van der Waals surface area contributed by atoms with Gasteiger partial charge in [0.15, 0.2) is 5.65 Å². The summed E-state index contributed by atoms with van der Waals surface area (Å²) in [6.45, 7) is 3.40. The van der Waals surface area contributed by atoms with E-state index in [0.29, 0.717) is 33.4 Å². The molecule has 3 aromatic rings. The SMILES string of the molecule is CCC(=O)Nc1ccc(C)c(NC(=O)Cn2cnc3c(c(Br)nn3C)c2=O)c1. The second-order valence-electron chi connectivity index (χ2n) is 6.27. The summed E-state index contributed by atoms with van der Waals surface area (Å²) in [5.74, 6) is -0.501. The Labute approximate surface area is 168 Å². The third-order valence-corrected chi connectivity index (χ3v) is 4.75. The highest BCUT2D eigenvalue weighted by molar-refractivity contribution is 9.10. The molecule has 0 unspecified atom stereocenters. The summed E-state index contributed by atoms with van der Waals surface area (Å²) in [6, 6.07) is 5.25. The third kappa shape index (κ3) is 3.96. The molecule has 10 heteroatoms. The minimum Gasteiger partial charge on any atom is -0.326 e. The Morgan fingerprint density at radius 2 is 1.96 bits per heavy atom. The van der Waals surface area contributed by atoms with Crippen molar-refractivity contribution in [1.82, 2.24) is 19.3 Å². The number of amides is 2. The van der Waals surface area contributed by atoms with Crippen LogP contribution in [0, 0.1) is 6.92 Å². The predicted octanol–water partition coefficient (Wildman–Crippen LogP) is 2.19. The number of hydrogen-bond donors (Lipinski definition) is 2. The number of hydrogen-bond acceptors (Lipinski definition) is 5. The molecule has 9 nitrogen and oxygen atoms in total. The molecule has 146 valence electrons. The number of benzene rings is 1. The van der Waals surface area contributed by atoms with Crippen LogP contribution in [0.5, 0.6) is 0 Å². The van der Waals surface area contributed by atoms with Gasteiger partial charge in [-0.2, -0.15) is 5.10 Å². The molecule has 0 radical (unpaired) electrons. The molecule has 28 heavy (non-hydrogen) atoms. The minimum absolute atomic E-state index is 0.117. The number of anilines is 2. The van der Waals surface area contributed by atoms with Crippen LogP contribution >= 0.6 is 15.9 Å². The van der Waals surface area contributed by atoms with Crippen molar-refractivity contribution in [2.45, 2.75) is 26.8 Å². The van der Waals surface area contributed by atoms with Crippen molar-refractivity contribution in [2.75, 3.05) is 10.6 Å². The van der Waals surface area contributed by atoms with Gasteiger partial charge in [-0.1, -0.05) is 13.0 Å². The van der Waals surface area contributed by atoms with Crippen LogP contribution in [0.3, 0.4) is 0 Å². The van der Waals surface area contributed by atoms with Crippen molar-refractivity contribution < 1.29 is 9.59 Å². The number of carbonyl (C=O) groups excluding carboxylic acids is 2. The topological polar surface area (TPSA) is 111 Å². The fourth-order valence-electron chi connectivity index (χ4n) is 2.68. The molecular formula is C18H19BrN6O3. The van der Waals surface area contributed by atoms with Gasteiger partial charge in [0.2, 0.25) is 11.8 Å². The van der Waals surface area contributed by atoms with E-state index in [4.69, 9.17) is 0 Å². The van der Waals surface area contributed by atoms with Crippen molar-refractivity contribution in [1.29, 1.82) is 0 Å². The molecule has 2 N–H and O–H groups in total. The van der Waals surface area contributed by atoms with Crippen LogP contribution in [0.15, 0.2) is 33.9 Å². The zero-order valence-corrected chi connectivity index (χ0v) is 17.2. The van der Waals surface area contributed by atoms with Crippen LogP contribution in [0.2, 0.25) is 0 Å². The lowest BCUT2D eigenvalue weighted by molar-refractivity contribution is -0.117. The first-order valence-corrected chi connectivity index (χ1v) is 9.37. The zero-order chi connectivity index (χ0) is 20.4. The van der Waals surface area contributed by atoms with E-state index >= 15 is 0 Å². The van der Waals surface area contributed by atoms with Crippen molar-refractivity contribution in [3.63, 3.8) is 0 Å². The number of nitrogens with zero attached hydrogens (tertiary/aromatic N) is 4. The molecule has 2 amide bonds. The number of fused-ring (bicyclic) bond motifs is 1. The summed E-state index contributed by atoms with van der Waals surface area (Å²) < 4.78 is 3.10. The van der Waals surface area contributed by atoms with Crippen molar-refractivity contribution in [3.05, 3.63) is 45.0 Å². The highest BCUT2D eigenvalue weighted by Crippen LogP contribution is 2.21. The van der Waals surface area contributed by atoms with Gasteiger partial charge in [-0.25, -0.2) is 9.67 Å². The molecule has 0 saturated carbocycles. The summed E-state index contributed by atoms with van der Waals surface area (Å²) >= 11 is 3.25. The summed E-state index contributed by atoms with van der Waals surface area (Å²) in [6.07, 6.45) is 1.68. The quantitative estimate of drug-likeness (QED) is 0.623. The van der Waals surface area contributed by atoms with Gasteiger partial charge in [0.05, 0.1) is 0 Å². The first-order chi connectivity index (χ1) is 13.3. The standard InChI is InChI=1S/C18H19BrN6O3/c1-4-13(26)21-11-6-5-10(2)12(7-11)22-14(27)8-25-9-20-17-15(18(25)28)16(19)23-24(17)3/h5-7,9H,4,8H2,1-3H3,(H,21,26)(H,22,27). The van der Waals surface area contributed by atoms with Gasteiger partial charge in [0.25, 0.3) is 5.56 Å². The molecule has 0 aliphatic carbocycles. The lowest BCUT2D eigenvalue weighted by Crippen LogP contribution is -2.28. The molecule has 2 heterocycles. The Hall–Kier alpha value is -3.01. The highest BCUT2D eigenvalue weighted by atomic mass is 79.9. The monoisotopic (exact) mass is 446 g/mol. The predicted molar refractivity (Wildman–Crippen MR) is 109 cm³/mol. The summed E-state index contributed by atoms with van der Waals surface area (Å²) in [5, 5.41) is 9.96. The molecule has 0 atom stereocenters. The van der Waals surface area contributed by atoms with Gasteiger partial charge in [-0.05, 0) is 40.5 Å². The van der Waals surface area contributed by atoms with Gasteiger partial charge in [0.1, 0.15) is 22.9 Å². The van der Waals surface area contributed by atoms with Crippen LogP contribution in [0.1, 0.15) is 18.9 Å². The van der Waals surface area contributed by atoms with Crippen molar-refractivity contribution in [2.24, 2.45) is 7.05 Å². The molecule has 0 aliphatic heterocycles. The van der Waals surface area contributed by atoms with Crippen LogP contribution in [-0.4, -0.2) is 31.1 Å². The van der Waals surface area contributed by atoms with Gasteiger partial charge in [0, 0.05) is 24.8 Å². The fourth-order valence-corrected chi connectivity index (χ4v) is 3.26. The average molecular weight is 447 g/mol. The molecule has 0 bridgehead atoms. The second kappa shape index (κ2) is 7.93. The summed E-state index contributed by atoms with van der Waals surface area (Å²) in [5.41, 5.74) is 2.05. The lowest BCUT2D eigenvalue weighted by atomic mass is 10.1. The van der Waals surface area contributed by atoms with E-state index in [1.807, 2.05) is 6.92 Å². The zero-order valence-electron chi connectivity index (χ0n) is 15.6. The Kier molecular flexibility index (Phi) is 5.59. The van der Waals surface area contributed by atoms with E-state index < -0.39 is 0 Å². The second-order valence-corrected chi connectivity index (χ2v) is 7.02. The summed E-state index contributed by atoms with van der Waals surface area (Å²) in [7, 11) is 1.68. The van der Waals surface area contributed by atoms with Crippen LogP contribution in [0.25, 0.3) is 11.0 Å². The number of nitrogens with one attached hydrogen (secondary N) is 2. The minimum atomic E-state index is -0.384. The fraction of sp³-hybridized carbons (Fsp3) is 0.278. The van der Waals surface area contributed by atoms with Crippen molar-refractivity contribution >= 4 is 50.2 Å². The van der Waals surface area contributed by atoms with E-state index in [0.717, 1.165) is 5.56 Å². The number of carbonyl (C=O) groups is 2. The molecule has 1 aromatic carbocycles. The van der Waals surface area contributed by atoms with E-state index in [2.05, 4.69) is 36.6 Å². The summed E-state index contributed by atoms with van der Waals surface area (Å²) in [4.78, 5) is 40.9. The molecule has 0 fully saturated rings. The molecular weight excluding hydrogens is 428 g/mol. The number of rotatable bonds is 5. The number of halogens is 1. The molecule has 0 spiro atoms. The molecule has 3 rings (SSSR count). The van der Waals surface area contributed by atoms with E-state index in [1.165, 1.54) is 15.6 Å². The number of aryl methyl sites for hydroxylation is 2. The van der Waals surface area contributed by atoms with Crippen molar-refractivity contribution in [3.8, 4) is 0 Å².